The van der Waals surface area contributed by atoms with E-state index < -0.39 is 18.8 Å². The lowest BCUT2D eigenvalue weighted by Gasteiger charge is -2.34. The highest BCUT2D eigenvalue weighted by Crippen LogP contribution is 2.40. The number of methoxy groups -OCH3 is 1. The van der Waals surface area contributed by atoms with E-state index in [1.807, 2.05) is 0 Å². The van der Waals surface area contributed by atoms with Gasteiger partial charge in [0.15, 0.2) is 17.6 Å². The van der Waals surface area contributed by atoms with Crippen LogP contribution in [0.2, 0.25) is 0 Å². The summed E-state index contributed by atoms with van der Waals surface area (Å²) in [5.74, 6) is 0.515. The lowest BCUT2D eigenvalue weighted by atomic mass is 10.1. The Bertz CT molecular complexity index is 694. The molecule has 0 saturated carbocycles. The van der Waals surface area contributed by atoms with Crippen molar-refractivity contribution in [3.63, 3.8) is 0 Å². The van der Waals surface area contributed by atoms with Gasteiger partial charge in [-0.2, -0.15) is 13.2 Å². The van der Waals surface area contributed by atoms with Gasteiger partial charge in [-0.05, 0) is 12.1 Å². The normalized spacial score (nSPS) is 16.3. The lowest BCUT2D eigenvalue weighted by molar-refractivity contribution is -0.200. The second-order valence-corrected chi connectivity index (χ2v) is 6.20. The quantitative estimate of drug-likeness (QED) is 0.758. The van der Waals surface area contributed by atoms with Crippen LogP contribution in [-0.4, -0.2) is 62.0 Å². The average Bonchev–Trinajstić information content (AvgIpc) is 2.61. The number of carbonyl (C=O) groups excluding carboxylic acids is 1. The molecular weight excluding hydrogens is 365 g/mol. The highest BCUT2D eigenvalue weighted by Gasteiger charge is 2.40. The molecule has 0 spiro atoms. The number of aliphatic hydroxyl groups is 1. The number of β-amino-alcohol motifs (C(OH)–C–C–N with tert-alkyl or cyclic N) is 1. The first kappa shape index (κ1) is 20.9. The van der Waals surface area contributed by atoms with Crippen molar-refractivity contribution in [1.82, 2.24) is 4.90 Å². The van der Waals surface area contributed by atoms with Crippen molar-refractivity contribution in [2.45, 2.75) is 25.2 Å². The minimum Gasteiger partial charge on any atom is -0.493 e. The molecule has 0 aliphatic carbocycles. The van der Waals surface area contributed by atoms with E-state index in [9.17, 15) is 23.1 Å². The average molecular weight is 388 g/mol. The van der Waals surface area contributed by atoms with E-state index in [1.165, 1.54) is 23.0 Å². The van der Waals surface area contributed by atoms with Crippen molar-refractivity contribution in [2.75, 3.05) is 38.8 Å². The molecule has 0 saturated heterocycles. The SMILES string of the molecule is C=CCOc1c(OC)ccc2c1CN(C)C(=O)CCN2CC(O)C(F)(F)F. The number of alkyl halides is 3. The summed E-state index contributed by atoms with van der Waals surface area (Å²) in [7, 11) is 3.06. The van der Waals surface area contributed by atoms with Crippen LogP contribution in [0.5, 0.6) is 11.5 Å². The predicted molar refractivity (Wildman–Crippen MR) is 94.1 cm³/mol. The molecule has 2 rings (SSSR count). The zero-order chi connectivity index (χ0) is 20.2. The number of hydrogen-bond donors (Lipinski definition) is 1. The number of anilines is 1. The Kier molecular flexibility index (Phi) is 6.59. The van der Waals surface area contributed by atoms with Gasteiger partial charge in [0.25, 0.3) is 0 Å². The third-order valence-electron chi connectivity index (χ3n) is 4.29. The predicted octanol–water partition coefficient (Wildman–Crippen LogP) is 2.35. The number of aliphatic hydroxyl groups excluding tert-OH is 1. The minimum atomic E-state index is -4.75. The fourth-order valence-corrected chi connectivity index (χ4v) is 2.88. The Labute approximate surface area is 155 Å². The van der Waals surface area contributed by atoms with Gasteiger partial charge in [0, 0.05) is 31.3 Å². The molecular formula is C18H23F3N2O4. The monoisotopic (exact) mass is 388 g/mol. The second-order valence-electron chi connectivity index (χ2n) is 6.20. The summed E-state index contributed by atoms with van der Waals surface area (Å²) in [5, 5.41) is 9.52. The maximum absolute atomic E-state index is 12.9. The summed E-state index contributed by atoms with van der Waals surface area (Å²) >= 11 is 0. The molecule has 6 nitrogen and oxygen atoms in total. The molecule has 9 heteroatoms. The fourth-order valence-electron chi connectivity index (χ4n) is 2.88. The molecule has 1 aliphatic heterocycles. The number of amides is 1. The van der Waals surface area contributed by atoms with Crippen molar-refractivity contribution < 1.29 is 32.5 Å². The van der Waals surface area contributed by atoms with Gasteiger partial charge in [-0.1, -0.05) is 12.7 Å². The van der Waals surface area contributed by atoms with Crippen LogP contribution >= 0.6 is 0 Å². The number of hydrogen-bond acceptors (Lipinski definition) is 5. The number of benzene rings is 1. The van der Waals surface area contributed by atoms with E-state index in [0.717, 1.165) is 0 Å². The Morgan fingerprint density at radius 1 is 1.41 bits per heavy atom. The first-order valence-corrected chi connectivity index (χ1v) is 8.36. The fraction of sp³-hybridized carbons (Fsp3) is 0.500. The number of nitrogens with zero attached hydrogens (tertiary/aromatic N) is 2. The molecule has 0 fully saturated rings. The Morgan fingerprint density at radius 3 is 2.70 bits per heavy atom. The third-order valence-corrected chi connectivity index (χ3v) is 4.29. The van der Waals surface area contributed by atoms with E-state index >= 15 is 0 Å². The molecule has 150 valence electrons. The summed E-state index contributed by atoms with van der Waals surface area (Å²) in [6.45, 7) is 3.24. The molecule has 0 aromatic heterocycles. The Morgan fingerprint density at radius 2 is 2.11 bits per heavy atom. The van der Waals surface area contributed by atoms with Crippen LogP contribution < -0.4 is 14.4 Å². The highest BCUT2D eigenvalue weighted by atomic mass is 19.4. The van der Waals surface area contributed by atoms with E-state index in [1.54, 1.807) is 19.2 Å². The molecule has 1 aromatic carbocycles. The largest absolute Gasteiger partial charge is 0.493 e. The molecule has 1 aliphatic rings. The molecule has 1 atom stereocenters. The van der Waals surface area contributed by atoms with Crippen LogP contribution in [0.4, 0.5) is 18.9 Å². The number of ether oxygens (including phenoxy) is 2. The van der Waals surface area contributed by atoms with Crippen molar-refractivity contribution in [3.8, 4) is 11.5 Å². The molecule has 1 heterocycles. The first-order valence-electron chi connectivity index (χ1n) is 8.36. The van der Waals surface area contributed by atoms with Gasteiger partial charge >= 0.3 is 6.18 Å². The van der Waals surface area contributed by atoms with E-state index in [0.29, 0.717) is 22.7 Å². The molecule has 1 N–H and O–H groups in total. The third kappa shape index (κ3) is 4.85. The van der Waals surface area contributed by atoms with Gasteiger partial charge in [-0.15, -0.1) is 0 Å². The molecule has 0 bridgehead atoms. The standard InChI is InChI=1S/C18H23F3N2O4/c1-4-9-27-17-12-10-22(2)16(25)7-8-23(11-15(24)18(19,20)21)13(12)5-6-14(17)26-3/h4-6,15,24H,1,7-11H2,2-3H3. The van der Waals surface area contributed by atoms with E-state index in [4.69, 9.17) is 9.47 Å². The molecule has 1 unspecified atom stereocenters. The maximum Gasteiger partial charge on any atom is 0.416 e. The second kappa shape index (κ2) is 8.51. The minimum absolute atomic E-state index is 0.0371. The van der Waals surface area contributed by atoms with Crippen molar-refractivity contribution in [1.29, 1.82) is 0 Å². The van der Waals surface area contributed by atoms with Gasteiger partial charge in [0.05, 0.1) is 20.2 Å². The van der Waals surface area contributed by atoms with Gasteiger partial charge in [-0.3, -0.25) is 4.79 Å². The van der Waals surface area contributed by atoms with Gasteiger partial charge in [0.2, 0.25) is 5.91 Å². The van der Waals surface area contributed by atoms with E-state index in [2.05, 4.69) is 6.58 Å². The van der Waals surface area contributed by atoms with Gasteiger partial charge in [0.1, 0.15) is 6.61 Å². The summed E-state index contributed by atoms with van der Waals surface area (Å²) in [5.41, 5.74) is 0.971. The van der Waals surface area contributed by atoms with Gasteiger partial charge < -0.3 is 24.4 Å². The van der Waals surface area contributed by atoms with Crippen LogP contribution in [0.1, 0.15) is 12.0 Å². The van der Waals surface area contributed by atoms with Gasteiger partial charge in [-0.25, -0.2) is 0 Å². The highest BCUT2D eigenvalue weighted by molar-refractivity contribution is 5.78. The molecule has 27 heavy (non-hydrogen) atoms. The van der Waals surface area contributed by atoms with Crippen molar-refractivity contribution >= 4 is 11.6 Å². The Balaban J connectivity index is 2.53. The zero-order valence-corrected chi connectivity index (χ0v) is 15.3. The number of fused-ring (bicyclic) bond motifs is 1. The summed E-state index contributed by atoms with van der Waals surface area (Å²) in [6, 6.07) is 3.20. The molecule has 0 radical (unpaired) electrons. The van der Waals surface area contributed by atoms with Crippen LogP contribution in [0.15, 0.2) is 24.8 Å². The summed E-state index contributed by atoms with van der Waals surface area (Å²) in [4.78, 5) is 15.1. The van der Waals surface area contributed by atoms with Crippen molar-refractivity contribution in [3.05, 3.63) is 30.4 Å². The van der Waals surface area contributed by atoms with E-state index in [-0.39, 0.29) is 32.0 Å². The summed E-state index contributed by atoms with van der Waals surface area (Å²) in [6.07, 6.45) is -5.72. The van der Waals surface area contributed by atoms with Crippen molar-refractivity contribution in [2.24, 2.45) is 0 Å². The number of carbonyl (C=O) groups is 1. The van der Waals surface area contributed by atoms with Crippen LogP contribution in [0.25, 0.3) is 0 Å². The zero-order valence-electron chi connectivity index (χ0n) is 15.3. The van der Waals surface area contributed by atoms with Crippen LogP contribution in [-0.2, 0) is 11.3 Å². The maximum atomic E-state index is 12.9. The van der Waals surface area contributed by atoms with Crippen LogP contribution in [0.3, 0.4) is 0 Å². The molecule has 1 amide bonds. The summed E-state index contributed by atoms with van der Waals surface area (Å²) < 4.78 is 49.6. The van der Waals surface area contributed by atoms with Crippen LogP contribution in [0, 0.1) is 0 Å². The lowest BCUT2D eigenvalue weighted by Crippen LogP contribution is -2.44. The molecule has 1 aromatic rings. The first-order chi connectivity index (χ1) is 12.7. The number of rotatable bonds is 6. The smallest absolute Gasteiger partial charge is 0.416 e. The Hall–Kier alpha value is -2.42. The number of halogens is 3. The topological polar surface area (TPSA) is 62.2 Å².